The molecule has 270 valence electrons. The van der Waals surface area contributed by atoms with Crippen molar-refractivity contribution in [1.82, 2.24) is 5.32 Å². The van der Waals surface area contributed by atoms with E-state index in [1.807, 2.05) is 24.3 Å². The molecule has 1 amide bonds. The largest absolute Gasteiger partial charge is 0.462 e. The van der Waals surface area contributed by atoms with Gasteiger partial charge in [-0.25, -0.2) is 4.79 Å². The summed E-state index contributed by atoms with van der Waals surface area (Å²) < 4.78 is 11.7. The van der Waals surface area contributed by atoms with E-state index in [0.29, 0.717) is 5.41 Å². The highest BCUT2D eigenvalue weighted by molar-refractivity contribution is 5.79. The number of nitrogens with one attached hydrogen (secondary N) is 1. The van der Waals surface area contributed by atoms with Gasteiger partial charge in [-0.05, 0) is 114 Å². The number of rotatable bonds is 11. The number of ether oxygens (including phenoxy) is 2. The average molecular weight is 680 g/mol. The summed E-state index contributed by atoms with van der Waals surface area (Å²) in [5.74, 6) is 4.73. The van der Waals surface area contributed by atoms with Crippen LogP contribution in [-0.4, -0.2) is 31.3 Å². The number of alkyl carbamates (subject to hydrolysis) is 1. The number of amides is 1. The zero-order valence-corrected chi connectivity index (χ0v) is 31.3. The van der Waals surface area contributed by atoms with E-state index in [-0.39, 0.29) is 43.0 Å². The summed E-state index contributed by atoms with van der Waals surface area (Å²) in [6, 6.07) is 16.6. The van der Waals surface area contributed by atoms with E-state index in [4.69, 9.17) is 9.47 Å². The number of carbonyl (C=O) groups is 2. The van der Waals surface area contributed by atoms with Gasteiger partial charge in [-0.1, -0.05) is 114 Å². The van der Waals surface area contributed by atoms with Gasteiger partial charge in [0.1, 0.15) is 12.7 Å². The normalized spacial score (nSPS) is 31.8. The summed E-state index contributed by atoms with van der Waals surface area (Å²) in [4.78, 5) is 25.5. The molecule has 3 fully saturated rings. The summed E-state index contributed by atoms with van der Waals surface area (Å²) in [6.07, 6.45) is 16.0. The van der Waals surface area contributed by atoms with Crippen molar-refractivity contribution < 1.29 is 19.1 Å². The fourth-order valence-corrected chi connectivity index (χ4v) is 11.9. The van der Waals surface area contributed by atoms with Gasteiger partial charge in [-0.3, -0.25) is 4.79 Å². The molecule has 0 aromatic heterocycles. The van der Waals surface area contributed by atoms with E-state index in [2.05, 4.69) is 70.3 Å². The third-order valence-electron chi connectivity index (χ3n) is 14.5. The lowest BCUT2D eigenvalue weighted by Gasteiger charge is -2.58. The Balaban J connectivity index is 0.872. The quantitative estimate of drug-likeness (QED) is 0.190. The average Bonchev–Trinajstić information content (AvgIpc) is 3.62. The van der Waals surface area contributed by atoms with E-state index in [1.165, 1.54) is 73.6 Å². The Kier molecular flexibility index (Phi) is 10.2. The number of benzene rings is 2. The van der Waals surface area contributed by atoms with Crippen molar-refractivity contribution >= 4 is 12.1 Å². The number of carbonyl (C=O) groups excluding carboxylic acids is 2. The maximum Gasteiger partial charge on any atom is 0.407 e. The van der Waals surface area contributed by atoms with E-state index >= 15 is 0 Å². The monoisotopic (exact) mass is 679 g/mol. The van der Waals surface area contributed by atoms with Gasteiger partial charge < -0.3 is 14.8 Å². The first-order valence-corrected chi connectivity index (χ1v) is 20.1. The van der Waals surface area contributed by atoms with Crippen LogP contribution in [0.5, 0.6) is 0 Å². The van der Waals surface area contributed by atoms with Crippen LogP contribution in [0.3, 0.4) is 0 Å². The predicted octanol–water partition coefficient (Wildman–Crippen LogP) is 10.9. The number of allylic oxidation sites excluding steroid dienone is 1. The summed E-state index contributed by atoms with van der Waals surface area (Å²) in [7, 11) is 0. The second-order valence-corrected chi connectivity index (χ2v) is 17.6. The molecule has 0 unspecified atom stereocenters. The zero-order chi connectivity index (χ0) is 35.0. The molecule has 0 radical (unpaired) electrons. The zero-order valence-electron chi connectivity index (χ0n) is 31.3. The molecule has 5 aliphatic rings. The van der Waals surface area contributed by atoms with Gasteiger partial charge in [0.2, 0.25) is 0 Å². The standard InChI is InChI=1S/C45H61NO4/c1-29(2)11-10-12-30(3)39-19-20-40-37-18-17-31-27-32(21-24-44(31,4)41(37)22-25-45(39,40)5)50-42(47)23-26-46-43(48)49-28-38-35-15-8-6-13-33(35)34-14-7-9-16-36(34)38/h6-9,13-17,29-30,32,37-41H,10-12,18-28H2,1-5H3,(H,46,48)/t30-,32+,37+,39-,40+,41+,44+,45-/m1/s1. The first-order chi connectivity index (χ1) is 24.1. The Morgan fingerprint density at radius 1 is 0.880 bits per heavy atom. The fourth-order valence-electron chi connectivity index (χ4n) is 11.9. The minimum Gasteiger partial charge on any atom is -0.462 e. The van der Waals surface area contributed by atoms with Crippen molar-refractivity contribution in [1.29, 1.82) is 0 Å². The lowest BCUT2D eigenvalue weighted by molar-refractivity contribution is -0.151. The fraction of sp³-hybridized carbons (Fsp3) is 0.644. The molecule has 5 nitrogen and oxygen atoms in total. The molecule has 0 spiro atoms. The van der Waals surface area contributed by atoms with Crippen molar-refractivity contribution in [2.45, 2.75) is 124 Å². The number of esters is 1. The van der Waals surface area contributed by atoms with Crippen LogP contribution in [0.4, 0.5) is 4.79 Å². The Bertz CT molecular complexity index is 1530. The maximum atomic E-state index is 12.9. The summed E-state index contributed by atoms with van der Waals surface area (Å²) in [6.45, 7) is 13.0. The molecule has 2 aromatic rings. The van der Waals surface area contributed by atoms with Crippen LogP contribution in [0, 0.1) is 46.3 Å². The van der Waals surface area contributed by atoms with E-state index in [0.717, 1.165) is 54.8 Å². The number of fused-ring (bicyclic) bond motifs is 8. The first-order valence-electron chi connectivity index (χ1n) is 20.1. The molecule has 7 rings (SSSR count). The molecule has 0 aliphatic heterocycles. The van der Waals surface area contributed by atoms with Crippen molar-refractivity contribution in [3.05, 3.63) is 71.3 Å². The third kappa shape index (κ3) is 6.68. The highest BCUT2D eigenvalue weighted by Crippen LogP contribution is 2.67. The second kappa shape index (κ2) is 14.5. The minimum atomic E-state index is -0.493. The molecule has 2 aromatic carbocycles. The van der Waals surface area contributed by atoms with Crippen LogP contribution in [0.25, 0.3) is 11.1 Å². The SMILES string of the molecule is CC(C)CCC[C@@H](C)[C@H]1CC[C@H]2[C@@H]3CC=C4C[C@@H](OC(=O)CCNC(=O)OCC5c6ccccc6-c6ccccc65)CC[C@]4(C)[C@H]3CC[C@]12C. The predicted molar refractivity (Wildman–Crippen MR) is 201 cm³/mol. The maximum absolute atomic E-state index is 12.9. The highest BCUT2D eigenvalue weighted by atomic mass is 16.6. The molecule has 5 heteroatoms. The lowest BCUT2D eigenvalue weighted by Crippen LogP contribution is -2.51. The van der Waals surface area contributed by atoms with Crippen LogP contribution < -0.4 is 5.32 Å². The molecule has 0 saturated heterocycles. The molecular formula is C45H61NO4. The van der Waals surface area contributed by atoms with Gasteiger partial charge in [-0.15, -0.1) is 0 Å². The van der Waals surface area contributed by atoms with Gasteiger partial charge in [0, 0.05) is 18.9 Å². The summed E-state index contributed by atoms with van der Waals surface area (Å²) in [5.41, 5.74) is 7.05. The van der Waals surface area contributed by atoms with Crippen LogP contribution in [0.2, 0.25) is 0 Å². The molecule has 0 bridgehead atoms. The summed E-state index contributed by atoms with van der Waals surface area (Å²) >= 11 is 0. The Morgan fingerprint density at radius 2 is 1.60 bits per heavy atom. The lowest BCUT2D eigenvalue weighted by atomic mass is 9.47. The van der Waals surface area contributed by atoms with E-state index in [1.54, 1.807) is 5.57 Å². The van der Waals surface area contributed by atoms with Crippen LogP contribution in [0.1, 0.15) is 129 Å². The van der Waals surface area contributed by atoms with Gasteiger partial charge in [0.25, 0.3) is 0 Å². The van der Waals surface area contributed by atoms with Crippen LogP contribution >= 0.6 is 0 Å². The Hall–Kier alpha value is -3.08. The van der Waals surface area contributed by atoms with Crippen LogP contribution in [0.15, 0.2) is 60.2 Å². The van der Waals surface area contributed by atoms with E-state index in [9.17, 15) is 9.59 Å². The number of hydrogen-bond acceptors (Lipinski definition) is 4. The molecule has 8 atom stereocenters. The molecular weight excluding hydrogens is 618 g/mol. The Morgan fingerprint density at radius 3 is 2.32 bits per heavy atom. The van der Waals surface area contributed by atoms with Crippen molar-refractivity contribution in [3.63, 3.8) is 0 Å². The highest BCUT2D eigenvalue weighted by Gasteiger charge is 2.59. The number of hydrogen-bond donors (Lipinski definition) is 1. The third-order valence-corrected chi connectivity index (χ3v) is 14.5. The second-order valence-electron chi connectivity index (χ2n) is 17.6. The van der Waals surface area contributed by atoms with Crippen molar-refractivity contribution in [3.8, 4) is 11.1 Å². The molecule has 3 saturated carbocycles. The van der Waals surface area contributed by atoms with E-state index < -0.39 is 6.09 Å². The molecule has 50 heavy (non-hydrogen) atoms. The Labute approximate surface area is 301 Å². The smallest absolute Gasteiger partial charge is 0.407 e. The topological polar surface area (TPSA) is 64.6 Å². The van der Waals surface area contributed by atoms with Gasteiger partial charge in [-0.2, -0.15) is 0 Å². The minimum absolute atomic E-state index is 0.0146. The summed E-state index contributed by atoms with van der Waals surface area (Å²) in [5, 5.41) is 2.78. The van der Waals surface area contributed by atoms with Crippen molar-refractivity contribution in [2.24, 2.45) is 46.3 Å². The molecule has 1 N–H and O–H groups in total. The van der Waals surface area contributed by atoms with Crippen LogP contribution in [-0.2, 0) is 14.3 Å². The molecule has 5 aliphatic carbocycles. The van der Waals surface area contributed by atoms with Gasteiger partial charge >= 0.3 is 12.1 Å². The van der Waals surface area contributed by atoms with Gasteiger partial charge in [0.15, 0.2) is 0 Å². The van der Waals surface area contributed by atoms with Crippen molar-refractivity contribution in [2.75, 3.05) is 13.2 Å². The first kappa shape index (κ1) is 35.3. The molecule has 0 heterocycles. The van der Waals surface area contributed by atoms with Gasteiger partial charge in [0.05, 0.1) is 6.42 Å².